The van der Waals surface area contributed by atoms with Crippen LogP contribution in [0.25, 0.3) is 0 Å². The van der Waals surface area contributed by atoms with Gasteiger partial charge >= 0.3 is 6.03 Å². The van der Waals surface area contributed by atoms with E-state index in [4.69, 9.17) is 17.3 Å². The highest BCUT2D eigenvalue weighted by Gasteiger charge is 2.20. The third-order valence-electron chi connectivity index (χ3n) is 5.38. The first-order valence-corrected chi connectivity index (χ1v) is 10.8. The Morgan fingerprint density at radius 3 is 2.45 bits per heavy atom. The summed E-state index contributed by atoms with van der Waals surface area (Å²) in [6.07, 6.45) is 3.53. The lowest BCUT2D eigenvalue weighted by Crippen LogP contribution is -2.48. The van der Waals surface area contributed by atoms with Crippen LogP contribution in [0.4, 0.5) is 4.79 Å². The quantitative estimate of drug-likeness (QED) is 0.618. The number of amides is 2. The van der Waals surface area contributed by atoms with Crippen LogP contribution >= 0.6 is 11.6 Å². The number of nitrogens with one attached hydrogen (secondary N) is 2. The summed E-state index contributed by atoms with van der Waals surface area (Å²) in [6, 6.07) is 18.4. The van der Waals surface area contributed by atoms with Crippen molar-refractivity contribution in [2.75, 3.05) is 19.6 Å². The van der Waals surface area contributed by atoms with E-state index < -0.39 is 0 Å². The van der Waals surface area contributed by atoms with E-state index in [9.17, 15) is 4.79 Å². The van der Waals surface area contributed by atoms with Gasteiger partial charge < -0.3 is 16.4 Å². The highest BCUT2D eigenvalue weighted by Crippen LogP contribution is 2.16. The second-order valence-electron chi connectivity index (χ2n) is 7.82. The average Bonchev–Trinajstić information content (AvgIpc) is 2.72. The smallest absolute Gasteiger partial charge is 0.315 e. The first kappa shape index (κ1) is 21.6. The minimum atomic E-state index is -0.0898. The van der Waals surface area contributed by atoms with Crippen LogP contribution < -0.4 is 16.4 Å². The zero-order valence-corrected chi connectivity index (χ0v) is 17.6. The lowest BCUT2D eigenvalue weighted by atomic mass is 10.0. The van der Waals surface area contributed by atoms with Gasteiger partial charge in [-0.15, -0.1) is 0 Å². The number of carbonyl (C=O) groups is 1. The van der Waals surface area contributed by atoms with E-state index in [1.54, 1.807) is 0 Å². The van der Waals surface area contributed by atoms with E-state index in [0.29, 0.717) is 6.54 Å². The van der Waals surface area contributed by atoms with Gasteiger partial charge in [-0.2, -0.15) is 0 Å². The summed E-state index contributed by atoms with van der Waals surface area (Å²) in [6.45, 7) is 3.48. The maximum atomic E-state index is 12.2. The molecule has 1 aliphatic heterocycles. The summed E-state index contributed by atoms with van der Waals surface area (Å²) in [5, 5.41) is 6.81. The Morgan fingerprint density at radius 2 is 1.76 bits per heavy atom. The minimum absolute atomic E-state index is 0.0498. The fraction of sp³-hybridized carbons (Fsp3) is 0.435. The first-order valence-electron chi connectivity index (χ1n) is 10.4. The number of piperidine rings is 1. The number of likely N-dealkylation sites (tertiary alicyclic amines) is 1. The predicted octanol–water partition coefficient (Wildman–Crippen LogP) is 3.56. The number of rotatable bonds is 8. The first-order chi connectivity index (χ1) is 14.1. The molecule has 0 aromatic heterocycles. The Morgan fingerprint density at radius 1 is 1.07 bits per heavy atom. The number of halogens is 1. The molecule has 2 aromatic rings. The van der Waals surface area contributed by atoms with E-state index in [-0.39, 0.29) is 18.1 Å². The lowest BCUT2D eigenvalue weighted by Gasteiger charge is -2.32. The molecule has 29 heavy (non-hydrogen) atoms. The monoisotopic (exact) mass is 414 g/mol. The van der Waals surface area contributed by atoms with Gasteiger partial charge in [0.25, 0.3) is 0 Å². The third kappa shape index (κ3) is 7.69. The Kier molecular flexibility index (Phi) is 8.35. The number of urea groups is 1. The van der Waals surface area contributed by atoms with Crippen LogP contribution in [-0.2, 0) is 13.0 Å². The van der Waals surface area contributed by atoms with E-state index in [0.717, 1.165) is 50.3 Å². The van der Waals surface area contributed by atoms with Crippen molar-refractivity contribution in [3.8, 4) is 0 Å². The summed E-state index contributed by atoms with van der Waals surface area (Å²) in [5.74, 6) is 0. The zero-order chi connectivity index (χ0) is 20.5. The molecule has 0 radical (unpaired) electrons. The van der Waals surface area contributed by atoms with Gasteiger partial charge in [0.15, 0.2) is 0 Å². The number of hydrogen-bond donors (Lipinski definition) is 3. The van der Waals surface area contributed by atoms with Gasteiger partial charge in [0, 0.05) is 43.3 Å². The van der Waals surface area contributed by atoms with Crippen LogP contribution in [0, 0.1) is 0 Å². The molecule has 0 bridgehead atoms. The molecular formula is C23H31ClN4O. The molecule has 0 spiro atoms. The summed E-state index contributed by atoms with van der Waals surface area (Å²) in [5.41, 5.74) is 8.68. The van der Waals surface area contributed by atoms with Crippen LogP contribution in [0.15, 0.2) is 54.6 Å². The van der Waals surface area contributed by atoms with Gasteiger partial charge in [-0.3, -0.25) is 4.90 Å². The molecule has 1 saturated heterocycles. The number of benzene rings is 2. The minimum Gasteiger partial charge on any atom is -0.338 e. The van der Waals surface area contributed by atoms with Crippen molar-refractivity contribution in [2.24, 2.45) is 5.73 Å². The van der Waals surface area contributed by atoms with Crippen molar-refractivity contribution in [3.63, 3.8) is 0 Å². The van der Waals surface area contributed by atoms with Crippen LogP contribution in [0.1, 0.15) is 30.4 Å². The highest BCUT2D eigenvalue weighted by atomic mass is 35.5. The Balaban J connectivity index is 1.29. The molecule has 3 rings (SSSR count). The Hall–Kier alpha value is -2.08. The molecule has 6 heteroatoms. The van der Waals surface area contributed by atoms with Crippen molar-refractivity contribution >= 4 is 17.6 Å². The molecule has 1 unspecified atom stereocenters. The fourth-order valence-corrected chi connectivity index (χ4v) is 3.84. The van der Waals surface area contributed by atoms with Crippen LogP contribution in [0.2, 0.25) is 5.02 Å². The number of hydrogen-bond acceptors (Lipinski definition) is 3. The predicted molar refractivity (Wildman–Crippen MR) is 119 cm³/mol. The Labute approximate surface area is 178 Å². The van der Waals surface area contributed by atoms with E-state index in [2.05, 4.69) is 39.8 Å². The normalized spacial score (nSPS) is 16.3. The maximum absolute atomic E-state index is 12.2. The maximum Gasteiger partial charge on any atom is 0.315 e. The van der Waals surface area contributed by atoms with Gasteiger partial charge in [0.05, 0.1) is 0 Å². The molecule has 2 amide bonds. The molecule has 0 saturated carbocycles. The average molecular weight is 415 g/mol. The molecule has 1 aliphatic rings. The summed E-state index contributed by atoms with van der Waals surface area (Å²) < 4.78 is 0. The van der Waals surface area contributed by atoms with Crippen LogP contribution in [-0.4, -0.2) is 42.6 Å². The van der Waals surface area contributed by atoms with Crippen molar-refractivity contribution in [1.82, 2.24) is 15.5 Å². The van der Waals surface area contributed by atoms with Crippen molar-refractivity contribution in [1.29, 1.82) is 0 Å². The fourth-order valence-electron chi connectivity index (χ4n) is 3.71. The highest BCUT2D eigenvalue weighted by molar-refractivity contribution is 6.30. The summed E-state index contributed by atoms with van der Waals surface area (Å²) in [4.78, 5) is 14.6. The van der Waals surface area contributed by atoms with E-state index in [1.165, 1.54) is 11.1 Å². The van der Waals surface area contributed by atoms with Gasteiger partial charge in [0.2, 0.25) is 0 Å². The van der Waals surface area contributed by atoms with Gasteiger partial charge in [-0.1, -0.05) is 54.1 Å². The lowest BCUT2D eigenvalue weighted by molar-refractivity contribution is 0.186. The molecule has 156 valence electrons. The zero-order valence-electron chi connectivity index (χ0n) is 16.8. The number of nitrogens with two attached hydrogens (primary N) is 1. The van der Waals surface area contributed by atoms with E-state index in [1.807, 2.05) is 30.3 Å². The van der Waals surface area contributed by atoms with Gasteiger partial charge in [-0.05, 0) is 48.9 Å². The second kappa shape index (κ2) is 11.2. The van der Waals surface area contributed by atoms with Gasteiger partial charge in [-0.25, -0.2) is 4.79 Å². The van der Waals surface area contributed by atoms with Crippen molar-refractivity contribution < 1.29 is 4.79 Å². The summed E-state index contributed by atoms with van der Waals surface area (Å²) >= 11 is 5.94. The molecule has 5 nitrogen and oxygen atoms in total. The van der Waals surface area contributed by atoms with Crippen molar-refractivity contribution in [3.05, 3.63) is 70.7 Å². The molecule has 2 aromatic carbocycles. The third-order valence-corrected chi connectivity index (χ3v) is 5.64. The van der Waals surface area contributed by atoms with E-state index >= 15 is 0 Å². The standard InChI is InChI=1S/C23H31ClN4O/c24-20-8-6-19(7-9-20)17-28-14-11-22(12-15-28)27-23(29)26-13-10-21(25)16-18-4-2-1-3-5-18/h1-9,21-22H,10-17,25H2,(H2,26,27,29). The largest absolute Gasteiger partial charge is 0.338 e. The molecule has 1 fully saturated rings. The molecule has 1 heterocycles. The topological polar surface area (TPSA) is 70.4 Å². The second-order valence-corrected chi connectivity index (χ2v) is 8.25. The van der Waals surface area contributed by atoms with Crippen LogP contribution in [0.5, 0.6) is 0 Å². The molecular weight excluding hydrogens is 384 g/mol. The molecule has 0 aliphatic carbocycles. The van der Waals surface area contributed by atoms with Crippen molar-refractivity contribution in [2.45, 2.75) is 44.3 Å². The molecule has 4 N–H and O–H groups in total. The number of carbonyl (C=O) groups excluding carboxylic acids is 1. The van der Waals surface area contributed by atoms with Crippen LogP contribution in [0.3, 0.4) is 0 Å². The Bertz CT molecular complexity index is 745. The summed E-state index contributed by atoms with van der Waals surface area (Å²) in [7, 11) is 0. The molecule has 1 atom stereocenters. The number of nitrogens with zero attached hydrogens (tertiary/aromatic N) is 1. The van der Waals surface area contributed by atoms with Gasteiger partial charge in [0.1, 0.15) is 0 Å². The SMILES string of the molecule is NC(CCNC(=O)NC1CCN(Cc2ccc(Cl)cc2)CC1)Cc1ccccc1.